The molecule has 104 valence electrons. The molecule has 21 heavy (non-hydrogen) atoms. The van der Waals surface area contributed by atoms with Crippen molar-refractivity contribution in [2.75, 3.05) is 0 Å². The monoisotopic (exact) mass is 310 g/mol. The van der Waals surface area contributed by atoms with Crippen LogP contribution in [0.1, 0.15) is 31.8 Å². The van der Waals surface area contributed by atoms with Gasteiger partial charge in [0, 0.05) is 0 Å². The largest absolute Gasteiger partial charge is 2.00 e. The molecule has 2 rings (SSSR count). The number of carbonyl (C=O) groups is 2. The molecule has 0 spiro atoms. The second kappa shape index (κ2) is 9.55. The number of carboxylic acid groups (broad SMARTS) is 2. The quantitative estimate of drug-likeness (QED) is 0.749. The molecular weight excluding hydrogens is 296 g/mol. The van der Waals surface area contributed by atoms with E-state index in [0.29, 0.717) is 0 Å². The number of aromatic carboxylic acids is 2. The Morgan fingerprint density at radius 3 is 1.10 bits per heavy atom. The molecule has 4 nitrogen and oxygen atoms in total. The van der Waals surface area contributed by atoms with Crippen molar-refractivity contribution in [1.29, 1.82) is 0 Å². The molecule has 0 radical (unpaired) electrons. The van der Waals surface area contributed by atoms with Crippen LogP contribution in [0.3, 0.4) is 0 Å². The summed E-state index contributed by atoms with van der Waals surface area (Å²) in [7, 11) is 0. The fraction of sp³-hybridized carbons (Fsp3) is 0.125. The molecule has 0 amide bonds. The van der Waals surface area contributed by atoms with Gasteiger partial charge in [-0.2, -0.15) is 0 Å². The molecule has 0 aliphatic rings. The van der Waals surface area contributed by atoms with E-state index >= 15 is 0 Å². The standard InChI is InChI=1S/2C8H8O2.Ca/c2*1-6-2-4-7(5-3-6)8(9)10;/h2*2-5H,1H3,(H,9,10);/q;;+2/p-2. The fourth-order valence-corrected chi connectivity index (χ4v) is 1.38. The third-order valence-electron chi connectivity index (χ3n) is 2.57. The van der Waals surface area contributed by atoms with Crippen molar-refractivity contribution in [3.8, 4) is 0 Å². The van der Waals surface area contributed by atoms with Gasteiger partial charge in [0.1, 0.15) is 0 Å². The van der Waals surface area contributed by atoms with Crippen LogP contribution in [0.15, 0.2) is 48.5 Å². The van der Waals surface area contributed by atoms with Gasteiger partial charge in [-0.1, -0.05) is 59.7 Å². The molecule has 0 fully saturated rings. The van der Waals surface area contributed by atoms with Gasteiger partial charge in [-0.25, -0.2) is 0 Å². The fourth-order valence-electron chi connectivity index (χ4n) is 1.38. The molecule has 0 aliphatic heterocycles. The van der Waals surface area contributed by atoms with E-state index in [-0.39, 0.29) is 48.9 Å². The Labute approximate surface area is 153 Å². The van der Waals surface area contributed by atoms with E-state index in [9.17, 15) is 19.8 Å². The van der Waals surface area contributed by atoms with Crippen LogP contribution in [0.2, 0.25) is 0 Å². The number of carbonyl (C=O) groups excluding carboxylic acids is 2. The van der Waals surface area contributed by atoms with Crippen LogP contribution in [0.4, 0.5) is 0 Å². The molecule has 0 atom stereocenters. The smallest absolute Gasteiger partial charge is 0.545 e. The van der Waals surface area contributed by atoms with Crippen molar-refractivity contribution < 1.29 is 19.8 Å². The Kier molecular flexibility index (Phi) is 8.93. The van der Waals surface area contributed by atoms with E-state index in [1.165, 1.54) is 24.3 Å². The summed E-state index contributed by atoms with van der Waals surface area (Å²) in [5.41, 5.74) is 2.55. The molecule has 0 N–H and O–H groups in total. The van der Waals surface area contributed by atoms with Gasteiger partial charge >= 0.3 is 37.7 Å². The third kappa shape index (κ3) is 7.27. The van der Waals surface area contributed by atoms with Crippen LogP contribution < -0.4 is 10.2 Å². The molecule has 0 heterocycles. The van der Waals surface area contributed by atoms with Crippen molar-refractivity contribution in [3.05, 3.63) is 70.8 Å². The number of hydrogen-bond acceptors (Lipinski definition) is 4. The molecule has 2 aromatic carbocycles. The summed E-state index contributed by atoms with van der Waals surface area (Å²) in [5.74, 6) is -2.25. The van der Waals surface area contributed by atoms with Crippen molar-refractivity contribution >= 4 is 49.7 Å². The topological polar surface area (TPSA) is 80.3 Å². The Morgan fingerprint density at radius 1 is 0.667 bits per heavy atom. The first-order valence-electron chi connectivity index (χ1n) is 5.96. The van der Waals surface area contributed by atoms with Gasteiger partial charge in [0.25, 0.3) is 0 Å². The minimum absolute atomic E-state index is 0. The molecule has 0 unspecified atom stereocenters. The zero-order valence-corrected chi connectivity index (χ0v) is 14.2. The summed E-state index contributed by atoms with van der Waals surface area (Å²) < 4.78 is 0. The van der Waals surface area contributed by atoms with Crippen molar-refractivity contribution in [2.24, 2.45) is 0 Å². The van der Waals surface area contributed by atoms with Crippen LogP contribution in [0, 0.1) is 13.8 Å². The molecule has 0 saturated heterocycles. The summed E-state index contributed by atoms with van der Waals surface area (Å²) in [6, 6.07) is 13.1. The van der Waals surface area contributed by atoms with E-state index in [0.717, 1.165) is 11.1 Å². The van der Waals surface area contributed by atoms with Crippen molar-refractivity contribution in [1.82, 2.24) is 0 Å². The number of aryl methyl sites for hydroxylation is 2. The number of hydrogen-bond donors (Lipinski definition) is 0. The van der Waals surface area contributed by atoms with Gasteiger partial charge in [0.15, 0.2) is 0 Å². The molecule has 0 bridgehead atoms. The van der Waals surface area contributed by atoms with Gasteiger partial charge in [0.05, 0.1) is 11.9 Å². The van der Waals surface area contributed by atoms with Gasteiger partial charge < -0.3 is 19.8 Å². The van der Waals surface area contributed by atoms with Crippen LogP contribution >= 0.6 is 0 Å². The summed E-state index contributed by atoms with van der Waals surface area (Å²) in [6.07, 6.45) is 0. The van der Waals surface area contributed by atoms with Crippen molar-refractivity contribution in [3.63, 3.8) is 0 Å². The van der Waals surface area contributed by atoms with E-state index in [1.807, 2.05) is 13.8 Å². The molecule has 5 heteroatoms. The number of benzene rings is 2. The van der Waals surface area contributed by atoms with Gasteiger partial charge in [-0.05, 0) is 25.0 Å². The van der Waals surface area contributed by atoms with E-state index in [1.54, 1.807) is 24.3 Å². The molecule has 2 aromatic rings. The summed E-state index contributed by atoms with van der Waals surface area (Å²) >= 11 is 0. The van der Waals surface area contributed by atoms with Gasteiger partial charge in [-0.3, -0.25) is 0 Å². The first-order valence-corrected chi connectivity index (χ1v) is 5.96. The average Bonchev–Trinajstić information content (AvgIpc) is 2.40. The zero-order chi connectivity index (χ0) is 15.1. The van der Waals surface area contributed by atoms with Gasteiger partial charge in [-0.15, -0.1) is 0 Å². The Bertz CT molecular complexity index is 533. The maximum Gasteiger partial charge on any atom is 2.00 e. The molecule has 0 aliphatic carbocycles. The second-order valence-electron chi connectivity index (χ2n) is 4.31. The number of carboxylic acids is 2. The van der Waals surface area contributed by atoms with E-state index in [4.69, 9.17) is 0 Å². The number of rotatable bonds is 2. The first kappa shape index (κ1) is 19.6. The Balaban J connectivity index is 0.000000364. The zero-order valence-electron chi connectivity index (χ0n) is 12.0. The predicted octanol–water partition coefficient (Wildman–Crippen LogP) is 0.336. The molecule has 0 saturated carbocycles. The van der Waals surface area contributed by atoms with Crippen LogP contribution in [-0.2, 0) is 0 Å². The normalized spacial score (nSPS) is 8.86. The minimum atomic E-state index is -1.12. The second-order valence-corrected chi connectivity index (χ2v) is 4.31. The third-order valence-corrected chi connectivity index (χ3v) is 2.57. The Hall–Kier alpha value is -1.36. The summed E-state index contributed by atoms with van der Waals surface area (Å²) in [6.45, 7) is 3.80. The van der Waals surface area contributed by atoms with Crippen LogP contribution in [-0.4, -0.2) is 49.7 Å². The summed E-state index contributed by atoms with van der Waals surface area (Å²) in [4.78, 5) is 20.4. The van der Waals surface area contributed by atoms with Crippen molar-refractivity contribution in [2.45, 2.75) is 13.8 Å². The summed E-state index contributed by atoms with van der Waals surface area (Å²) in [5, 5.41) is 20.4. The SMILES string of the molecule is Cc1ccc(C(=O)[O-])cc1.Cc1ccc(C(=O)[O-])cc1.[Ca+2]. The van der Waals surface area contributed by atoms with Crippen LogP contribution in [0.25, 0.3) is 0 Å². The average molecular weight is 310 g/mol. The minimum Gasteiger partial charge on any atom is -0.545 e. The maximum atomic E-state index is 10.2. The Morgan fingerprint density at radius 2 is 0.905 bits per heavy atom. The van der Waals surface area contributed by atoms with E-state index < -0.39 is 11.9 Å². The predicted molar refractivity (Wildman–Crippen MR) is 76.8 cm³/mol. The maximum absolute atomic E-state index is 10.2. The van der Waals surface area contributed by atoms with Gasteiger partial charge in [0.2, 0.25) is 0 Å². The van der Waals surface area contributed by atoms with E-state index in [2.05, 4.69) is 0 Å². The van der Waals surface area contributed by atoms with Crippen LogP contribution in [0.5, 0.6) is 0 Å². The first-order chi connectivity index (χ1) is 9.40. The molecular formula is C16H14CaO4. The molecule has 0 aromatic heterocycles.